The monoisotopic (exact) mass is 578 g/mol. The number of nitrogens with zero attached hydrogens (tertiary/aromatic N) is 2. The molecule has 216 valence electrons. The predicted octanol–water partition coefficient (Wildman–Crippen LogP) is 3.73. The summed E-state index contributed by atoms with van der Waals surface area (Å²) in [6.45, 7) is 3.83. The van der Waals surface area contributed by atoms with Gasteiger partial charge >= 0.3 is 0 Å². The van der Waals surface area contributed by atoms with E-state index in [0.29, 0.717) is 71.7 Å². The zero-order valence-corrected chi connectivity index (χ0v) is 24.2. The van der Waals surface area contributed by atoms with Gasteiger partial charge in [-0.2, -0.15) is 0 Å². The van der Waals surface area contributed by atoms with Crippen LogP contribution in [0.15, 0.2) is 66.7 Å². The molecule has 0 unspecified atom stereocenters. The molecule has 3 aromatic carbocycles. The van der Waals surface area contributed by atoms with Gasteiger partial charge in [-0.3, -0.25) is 14.0 Å². The third-order valence-electron chi connectivity index (χ3n) is 7.13. The van der Waals surface area contributed by atoms with E-state index in [0.717, 1.165) is 18.7 Å². The molecule has 0 bridgehead atoms. The number of morpholine rings is 1. The summed E-state index contributed by atoms with van der Waals surface area (Å²) in [7, 11) is -0.394. The van der Waals surface area contributed by atoms with Crippen molar-refractivity contribution in [2.75, 3.05) is 74.8 Å². The molecule has 5 rings (SSSR count). The van der Waals surface area contributed by atoms with Crippen molar-refractivity contribution in [2.24, 2.45) is 0 Å². The molecule has 1 amide bonds. The second kappa shape index (κ2) is 12.2. The first kappa shape index (κ1) is 28.5. The Morgan fingerprint density at radius 2 is 1.66 bits per heavy atom. The molecule has 0 radical (unpaired) electrons. The van der Waals surface area contributed by atoms with Crippen LogP contribution in [0.4, 0.5) is 17.1 Å². The zero-order chi connectivity index (χ0) is 29.0. The maximum absolute atomic E-state index is 13.3. The topological polar surface area (TPSA) is 109 Å². The predicted molar refractivity (Wildman–Crippen MR) is 161 cm³/mol. The third kappa shape index (κ3) is 6.32. The second-order valence-corrected chi connectivity index (χ2v) is 11.7. The molecule has 41 heavy (non-hydrogen) atoms. The Balaban J connectivity index is 1.48. The molecule has 10 nitrogen and oxygen atoms in total. The Bertz CT molecular complexity index is 1540. The van der Waals surface area contributed by atoms with Gasteiger partial charge < -0.3 is 24.8 Å². The Kier molecular flexibility index (Phi) is 8.48. The van der Waals surface area contributed by atoms with Crippen LogP contribution in [0.5, 0.6) is 11.5 Å². The number of methoxy groups -OCH3 is 2. The number of amides is 1. The lowest BCUT2D eigenvalue weighted by Gasteiger charge is -2.30. The van der Waals surface area contributed by atoms with Gasteiger partial charge in [-0.05, 0) is 35.9 Å². The first-order chi connectivity index (χ1) is 19.8. The zero-order valence-electron chi connectivity index (χ0n) is 23.3. The lowest BCUT2D eigenvalue weighted by Crippen LogP contribution is -2.43. The molecule has 3 aromatic rings. The molecule has 2 heterocycles. The highest BCUT2D eigenvalue weighted by Gasteiger charge is 2.30. The van der Waals surface area contributed by atoms with Crippen LogP contribution >= 0.6 is 0 Å². The lowest BCUT2D eigenvalue weighted by molar-refractivity contribution is -0.110. The van der Waals surface area contributed by atoms with Crippen LogP contribution in [-0.4, -0.2) is 79.1 Å². The quantitative estimate of drug-likeness (QED) is 0.351. The minimum absolute atomic E-state index is 0.260. The molecule has 2 aliphatic rings. The van der Waals surface area contributed by atoms with Crippen molar-refractivity contribution in [3.8, 4) is 11.5 Å². The fourth-order valence-corrected chi connectivity index (χ4v) is 5.95. The summed E-state index contributed by atoms with van der Waals surface area (Å²) in [6, 6.07) is 20.3. The van der Waals surface area contributed by atoms with Crippen LogP contribution < -0.4 is 24.4 Å². The van der Waals surface area contributed by atoms with E-state index < -0.39 is 10.0 Å². The molecule has 0 saturated carbocycles. The molecule has 0 spiro atoms. The number of hydrogen-bond donors (Lipinski definition) is 2. The fraction of sp³-hybridized carbons (Fsp3) is 0.300. The number of carbonyl (C=O) groups is 1. The van der Waals surface area contributed by atoms with Crippen molar-refractivity contribution in [2.45, 2.75) is 0 Å². The Morgan fingerprint density at radius 1 is 1.00 bits per heavy atom. The number of sulfonamides is 1. The van der Waals surface area contributed by atoms with Crippen molar-refractivity contribution in [1.82, 2.24) is 4.90 Å². The van der Waals surface area contributed by atoms with Gasteiger partial charge in [0.25, 0.3) is 5.91 Å². The number of benzene rings is 3. The number of carbonyl (C=O) groups excluding carboxylic acids is 1. The second-order valence-electron chi connectivity index (χ2n) is 9.78. The highest BCUT2D eigenvalue weighted by molar-refractivity contribution is 7.92. The van der Waals surface area contributed by atoms with Crippen molar-refractivity contribution >= 4 is 44.3 Å². The molecule has 11 heteroatoms. The smallest absolute Gasteiger partial charge is 0.258 e. The third-order valence-corrected chi connectivity index (χ3v) is 8.32. The lowest BCUT2D eigenvalue weighted by atomic mass is 9.99. The number of hydrogen-bond acceptors (Lipinski definition) is 8. The average Bonchev–Trinajstić information content (AvgIpc) is 3.30. The molecule has 2 N–H and O–H groups in total. The average molecular weight is 579 g/mol. The van der Waals surface area contributed by atoms with Gasteiger partial charge in [0.15, 0.2) is 11.5 Å². The Morgan fingerprint density at radius 3 is 2.29 bits per heavy atom. The van der Waals surface area contributed by atoms with Crippen LogP contribution in [0, 0.1) is 0 Å². The van der Waals surface area contributed by atoms with Crippen LogP contribution in [0.3, 0.4) is 0 Å². The van der Waals surface area contributed by atoms with E-state index in [1.165, 1.54) is 10.6 Å². The highest BCUT2D eigenvalue weighted by Crippen LogP contribution is 2.43. The number of nitrogens with one attached hydrogen (secondary N) is 2. The normalized spacial score (nSPS) is 16.5. The molecule has 1 saturated heterocycles. The summed E-state index contributed by atoms with van der Waals surface area (Å²) < 4.78 is 43.1. The molecular weight excluding hydrogens is 544 g/mol. The Labute approximate surface area is 240 Å². The standard InChI is InChI=1S/C30H34N4O6S/c1-38-26-19-24-25(20-27(26)39-2)32-30(35)28(24)29(21-7-5-4-6-8-21)31-22-9-11-23(12-10-22)34(41(3,36)37)14-13-33-15-17-40-18-16-33/h4-12,19-20,31H,13-18H2,1-3H3,(H,32,35)/b29-28-. The number of rotatable bonds is 10. The Hall–Kier alpha value is -4.06. The SMILES string of the molecule is COc1cc2c(cc1OC)/C(=C(/Nc1ccc(N(CCN3CCOCC3)S(C)(=O)=O)cc1)c1ccccc1)C(=O)N2. The van der Waals surface area contributed by atoms with Gasteiger partial charge in [0, 0.05) is 43.5 Å². The van der Waals surface area contributed by atoms with Gasteiger partial charge in [-0.1, -0.05) is 30.3 Å². The first-order valence-corrected chi connectivity index (χ1v) is 15.2. The number of fused-ring (bicyclic) bond motifs is 1. The molecule has 0 aliphatic carbocycles. The van der Waals surface area contributed by atoms with Crippen molar-refractivity contribution in [3.63, 3.8) is 0 Å². The van der Waals surface area contributed by atoms with Crippen molar-refractivity contribution in [1.29, 1.82) is 0 Å². The summed E-state index contributed by atoms with van der Waals surface area (Å²) >= 11 is 0. The summed E-state index contributed by atoms with van der Waals surface area (Å²) in [6.07, 6.45) is 1.22. The van der Waals surface area contributed by atoms with Crippen molar-refractivity contribution < 1.29 is 27.4 Å². The van der Waals surface area contributed by atoms with Crippen LogP contribution in [-0.2, 0) is 19.6 Å². The molecule has 0 aromatic heterocycles. The highest BCUT2D eigenvalue weighted by atomic mass is 32.2. The summed E-state index contributed by atoms with van der Waals surface area (Å²) in [5.41, 5.74) is 4.45. The molecule has 2 aliphatic heterocycles. The maximum Gasteiger partial charge on any atom is 0.258 e. The van der Waals surface area contributed by atoms with Crippen LogP contribution in [0.25, 0.3) is 11.3 Å². The fourth-order valence-electron chi connectivity index (χ4n) is 5.03. The van der Waals surface area contributed by atoms with Gasteiger partial charge in [0.1, 0.15) is 0 Å². The van der Waals surface area contributed by atoms with E-state index in [2.05, 4.69) is 15.5 Å². The summed E-state index contributed by atoms with van der Waals surface area (Å²) in [5, 5.41) is 6.35. The number of anilines is 3. The van der Waals surface area contributed by atoms with E-state index in [4.69, 9.17) is 14.2 Å². The summed E-state index contributed by atoms with van der Waals surface area (Å²) in [5.74, 6) is 0.765. The number of ether oxygens (including phenoxy) is 3. The van der Waals surface area contributed by atoms with Crippen LogP contribution in [0.2, 0.25) is 0 Å². The van der Waals surface area contributed by atoms with E-state index in [1.807, 2.05) is 42.5 Å². The van der Waals surface area contributed by atoms with E-state index in [1.54, 1.807) is 38.5 Å². The van der Waals surface area contributed by atoms with Gasteiger partial charge in [0.2, 0.25) is 10.0 Å². The minimum atomic E-state index is -3.49. The molecule has 1 fully saturated rings. The van der Waals surface area contributed by atoms with Crippen LogP contribution in [0.1, 0.15) is 11.1 Å². The van der Waals surface area contributed by atoms with E-state index in [-0.39, 0.29) is 5.91 Å². The maximum atomic E-state index is 13.3. The van der Waals surface area contributed by atoms with E-state index >= 15 is 0 Å². The largest absolute Gasteiger partial charge is 0.493 e. The van der Waals surface area contributed by atoms with E-state index in [9.17, 15) is 13.2 Å². The first-order valence-electron chi connectivity index (χ1n) is 13.3. The van der Waals surface area contributed by atoms with Gasteiger partial charge in [0.05, 0.1) is 56.3 Å². The van der Waals surface area contributed by atoms with Gasteiger partial charge in [-0.25, -0.2) is 8.42 Å². The molecule has 0 atom stereocenters. The minimum Gasteiger partial charge on any atom is -0.493 e. The molecular formula is C30H34N4O6S. The van der Waals surface area contributed by atoms with Crippen molar-refractivity contribution in [3.05, 3.63) is 77.9 Å². The van der Waals surface area contributed by atoms with Gasteiger partial charge in [-0.15, -0.1) is 0 Å². The summed E-state index contributed by atoms with van der Waals surface area (Å²) in [4.78, 5) is 15.5.